The van der Waals surface area contributed by atoms with Crippen molar-refractivity contribution in [3.05, 3.63) is 35.9 Å². The Kier molecular flexibility index (Phi) is 5.78. The van der Waals surface area contributed by atoms with Crippen LogP contribution in [-0.4, -0.2) is 25.0 Å². The van der Waals surface area contributed by atoms with Crippen LogP contribution in [0.1, 0.15) is 44.1 Å². The maximum absolute atomic E-state index is 12.5. The Balaban J connectivity index is 2.04. The molecule has 0 aromatic heterocycles. The number of hydrogen-bond donors (Lipinski definition) is 1. The zero-order valence-electron chi connectivity index (χ0n) is 12.5. The molecule has 2 rings (SSSR count). The van der Waals surface area contributed by atoms with E-state index in [9.17, 15) is 9.59 Å². The summed E-state index contributed by atoms with van der Waals surface area (Å²) in [6, 6.07) is 9.84. The van der Waals surface area contributed by atoms with Crippen molar-refractivity contribution in [3.63, 3.8) is 0 Å². The number of hydrogen-bond acceptors (Lipinski definition) is 3. The van der Waals surface area contributed by atoms with Crippen molar-refractivity contribution in [1.29, 1.82) is 0 Å². The van der Waals surface area contributed by atoms with Crippen LogP contribution in [0.4, 0.5) is 0 Å². The van der Waals surface area contributed by atoms with E-state index in [1.165, 1.54) is 12.8 Å². The topological polar surface area (TPSA) is 55.4 Å². The molecule has 0 unspecified atom stereocenters. The minimum atomic E-state index is -0.385. The molecule has 1 aliphatic carbocycles. The van der Waals surface area contributed by atoms with Gasteiger partial charge < -0.3 is 10.1 Å². The van der Waals surface area contributed by atoms with Gasteiger partial charge in [0.15, 0.2) is 0 Å². The lowest BCUT2D eigenvalue weighted by Crippen LogP contribution is -2.36. The molecule has 1 saturated carbocycles. The third kappa shape index (κ3) is 4.31. The first-order chi connectivity index (χ1) is 10.2. The monoisotopic (exact) mass is 289 g/mol. The van der Waals surface area contributed by atoms with Crippen molar-refractivity contribution < 1.29 is 14.3 Å². The lowest BCUT2D eigenvalue weighted by molar-refractivity contribution is -0.143. The van der Waals surface area contributed by atoms with E-state index in [1.807, 2.05) is 30.3 Å². The van der Waals surface area contributed by atoms with Crippen molar-refractivity contribution in [1.82, 2.24) is 5.32 Å². The van der Waals surface area contributed by atoms with Crippen molar-refractivity contribution >= 4 is 11.9 Å². The number of nitrogens with one attached hydrogen (secondary N) is 1. The van der Waals surface area contributed by atoms with Gasteiger partial charge in [-0.05, 0) is 31.2 Å². The first-order valence-corrected chi connectivity index (χ1v) is 7.70. The third-order valence-corrected chi connectivity index (χ3v) is 4.02. The zero-order valence-corrected chi connectivity index (χ0v) is 12.5. The molecule has 1 N–H and O–H groups in total. The molecule has 1 aliphatic rings. The predicted octanol–water partition coefficient (Wildman–Crippen LogP) is 2.64. The number of carbonyl (C=O) groups excluding carboxylic acids is 2. The number of amides is 1. The second-order valence-corrected chi connectivity index (χ2v) is 5.46. The molecular formula is C17H23NO3. The number of benzene rings is 1. The fourth-order valence-corrected chi connectivity index (χ4v) is 3.07. The summed E-state index contributed by atoms with van der Waals surface area (Å²) in [7, 11) is 0. The Hall–Kier alpha value is -1.84. The molecule has 1 amide bonds. The average molecular weight is 289 g/mol. The van der Waals surface area contributed by atoms with E-state index in [0.29, 0.717) is 12.5 Å². The molecule has 21 heavy (non-hydrogen) atoms. The van der Waals surface area contributed by atoms with Gasteiger partial charge in [0.25, 0.3) is 0 Å². The Bertz CT molecular complexity index is 466. The zero-order chi connectivity index (χ0) is 15.1. The van der Waals surface area contributed by atoms with E-state index in [-0.39, 0.29) is 24.3 Å². The summed E-state index contributed by atoms with van der Waals surface area (Å²) < 4.78 is 4.85. The molecule has 0 bridgehead atoms. The highest BCUT2D eigenvalue weighted by Crippen LogP contribution is 2.37. The quantitative estimate of drug-likeness (QED) is 0.819. The van der Waals surface area contributed by atoms with Crippen LogP contribution in [-0.2, 0) is 14.3 Å². The highest BCUT2D eigenvalue weighted by atomic mass is 16.5. The summed E-state index contributed by atoms with van der Waals surface area (Å²) in [6.07, 6.45) is 4.51. The maximum Gasteiger partial charge on any atom is 0.325 e. The minimum absolute atomic E-state index is 0.0529. The molecule has 0 heterocycles. The lowest BCUT2D eigenvalue weighted by atomic mass is 9.84. The summed E-state index contributed by atoms with van der Waals surface area (Å²) >= 11 is 0. The van der Waals surface area contributed by atoms with Crippen LogP contribution in [0, 0.1) is 5.92 Å². The van der Waals surface area contributed by atoms with E-state index in [1.54, 1.807) is 6.92 Å². The van der Waals surface area contributed by atoms with Crippen LogP contribution < -0.4 is 5.32 Å². The molecular weight excluding hydrogens is 266 g/mol. The molecule has 114 valence electrons. The number of ether oxygens (including phenoxy) is 1. The number of rotatable bonds is 6. The third-order valence-electron chi connectivity index (χ3n) is 4.02. The first kappa shape index (κ1) is 15.5. The summed E-state index contributed by atoms with van der Waals surface area (Å²) in [5.41, 5.74) is 1.03. The van der Waals surface area contributed by atoms with Gasteiger partial charge in [-0.3, -0.25) is 9.59 Å². The molecule has 4 heteroatoms. The van der Waals surface area contributed by atoms with Crippen LogP contribution in [0.5, 0.6) is 0 Å². The number of esters is 1. The molecule has 4 nitrogen and oxygen atoms in total. The van der Waals surface area contributed by atoms with E-state index in [2.05, 4.69) is 5.32 Å². The van der Waals surface area contributed by atoms with E-state index in [4.69, 9.17) is 4.74 Å². The number of carbonyl (C=O) groups is 2. The Morgan fingerprint density at radius 2 is 1.90 bits per heavy atom. The smallest absolute Gasteiger partial charge is 0.325 e. The van der Waals surface area contributed by atoms with E-state index < -0.39 is 0 Å². The van der Waals surface area contributed by atoms with Gasteiger partial charge in [0.1, 0.15) is 6.54 Å². The van der Waals surface area contributed by atoms with Crippen molar-refractivity contribution in [2.45, 2.75) is 38.5 Å². The summed E-state index contributed by atoms with van der Waals surface area (Å²) in [5, 5.41) is 2.73. The van der Waals surface area contributed by atoms with Crippen LogP contribution in [0.3, 0.4) is 0 Å². The van der Waals surface area contributed by atoms with Crippen LogP contribution in [0.15, 0.2) is 30.3 Å². The van der Waals surface area contributed by atoms with E-state index >= 15 is 0 Å². The molecule has 1 atom stereocenters. The van der Waals surface area contributed by atoms with Crippen molar-refractivity contribution in [3.8, 4) is 0 Å². The molecule has 1 aromatic rings. The molecule has 0 saturated heterocycles. The second kappa shape index (κ2) is 7.81. The fourth-order valence-electron chi connectivity index (χ4n) is 3.07. The summed E-state index contributed by atoms with van der Waals surface area (Å²) in [4.78, 5) is 23.9. The lowest BCUT2D eigenvalue weighted by Gasteiger charge is -2.23. The van der Waals surface area contributed by atoms with Crippen LogP contribution in [0.25, 0.3) is 0 Å². The SMILES string of the molecule is CCOC(=O)CNC(=O)[C@H](c1ccccc1)C1CCCC1. The summed E-state index contributed by atoms with van der Waals surface area (Å²) in [5.74, 6) is -0.247. The fraction of sp³-hybridized carbons (Fsp3) is 0.529. The molecule has 0 spiro atoms. The Labute approximate surface area is 125 Å². The summed E-state index contributed by atoms with van der Waals surface area (Å²) in [6.45, 7) is 2.03. The Morgan fingerprint density at radius 3 is 2.52 bits per heavy atom. The van der Waals surface area contributed by atoms with Gasteiger partial charge in [-0.1, -0.05) is 43.2 Å². The predicted molar refractivity (Wildman–Crippen MR) is 80.8 cm³/mol. The van der Waals surface area contributed by atoms with E-state index in [0.717, 1.165) is 18.4 Å². The molecule has 0 aliphatic heterocycles. The minimum Gasteiger partial charge on any atom is -0.465 e. The highest BCUT2D eigenvalue weighted by molar-refractivity contribution is 5.87. The molecule has 1 aromatic carbocycles. The van der Waals surface area contributed by atoms with Gasteiger partial charge in [-0.15, -0.1) is 0 Å². The molecule has 1 fully saturated rings. The van der Waals surface area contributed by atoms with Gasteiger partial charge >= 0.3 is 5.97 Å². The molecule has 0 radical (unpaired) electrons. The van der Waals surface area contributed by atoms with Gasteiger partial charge in [-0.2, -0.15) is 0 Å². The van der Waals surface area contributed by atoms with Gasteiger partial charge in [0, 0.05) is 0 Å². The second-order valence-electron chi connectivity index (χ2n) is 5.46. The largest absolute Gasteiger partial charge is 0.465 e. The van der Waals surface area contributed by atoms with Gasteiger partial charge in [0.05, 0.1) is 12.5 Å². The maximum atomic E-state index is 12.5. The first-order valence-electron chi connectivity index (χ1n) is 7.70. The average Bonchev–Trinajstić information content (AvgIpc) is 3.01. The highest BCUT2D eigenvalue weighted by Gasteiger charge is 2.31. The Morgan fingerprint density at radius 1 is 1.24 bits per heavy atom. The standard InChI is InChI=1S/C17H23NO3/c1-2-21-15(19)12-18-17(20)16(14-10-6-7-11-14)13-8-4-3-5-9-13/h3-5,8-9,14,16H,2,6-7,10-12H2,1H3,(H,18,20)/t16-/m1/s1. The normalized spacial score (nSPS) is 16.4. The van der Waals surface area contributed by atoms with Crippen molar-refractivity contribution in [2.24, 2.45) is 5.92 Å². The van der Waals surface area contributed by atoms with Gasteiger partial charge in [0.2, 0.25) is 5.91 Å². The van der Waals surface area contributed by atoms with Gasteiger partial charge in [-0.25, -0.2) is 0 Å². The van der Waals surface area contributed by atoms with Crippen molar-refractivity contribution in [2.75, 3.05) is 13.2 Å². The van der Waals surface area contributed by atoms with Crippen LogP contribution >= 0.6 is 0 Å². The van der Waals surface area contributed by atoms with Crippen LogP contribution in [0.2, 0.25) is 0 Å².